The minimum Gasteiger partial charge on any atom is -0.296 e. The normalized spacial score (nSPS) is 11.0. The summed E-state index contributed by atoms with van der Waals surface area (Å²) in [4.78, 5) is 17.1. The third-order valence-corrected chi connectivity index (χ3v) is 5.62. The number of rotatable bonds is 3. The zero-order chi connectivity index (χ0) is 18.3. The van der Waals surface area contributed by atoms with Crippen molar-refractivity contribution in [1.29, 1.82) is 0 Å². The van der Waals surface area contributed by atoms with Gasteiger partial charge in [0.15, 0.2) is 10.8 Å². The van der Waals surface area contributed by atoms with E-state index in [-0.39, 0.29) is 11.6 Å². The van der Waals surface area contributed by atoms with Crippen molar-refractivity contribution < 1.29 is 4.79 Å². The molecule has 1 N–H and O–H groups in total. The number of halogens is 1. The van der Waals surface area contributed by atoms with Crippen LogP contribution in [-0.4, -0.2) is 25.9 Å². The fraction of sp³-hybridized carbons (Fsp3) is 0.111. The van der Waals surface area contributed by atoms with Gasteiger partial charge in [0.1, 0.15) is 0 Å². The van der Waals surface area contributed by atoms with Crippen LogP contribution >= 0.6 is 27.3 Å². The van der Waals surface area contributed by atoms with Crippen LogP contribution in [0, 0.1) is 13.8 Å². The zero-order valence-electron chi connectivity index (χ0n) is 14.0. The lowest BCUT2D eigenvalue weighted by Crippen LogP contribution is -2.14. The number of aromatic nitrogens is 4. The predicted octanol–water partition coefficient (Wildman–Crippen LogP) is 4.51. The fourth-order valence-electron chi connectivity index (χ4n) is 2.72. The summed E-state index contributed by atoms with van der Waals surface area (Å²) in [6, 6.07) is 13.6. The van der Waals surface area contributed by atoms with Gasteiger partial charge in [-0.15, -0.1) is 5.10 Å². The minimum absolute atomic E-state index is 0.277. The SMILES string of the molecule is Cc1cccc(Br)c1-n1nnc(C(=O)Nc2nc3ccccc3s2)c1C. The summed E-state index contributed by atoms with van der Waals surface area (Å²) in [6.07, 6.45) is 0. The molecule has 0 aliphatic heterocycles. The van der Waals surface area contributed by atoms with Gasteiger partial charge >= 0.3 is 0 Å². The Kier molecular flexibility index (Phi) is 4.29. The van der Waals surface area contributed by atoms with Crippen LogP contribution in [0.5, 0.6) is 0 Å². The lowest BCUT2D eigenvalue weighted by molar-refractivity contribution is 0.102. The zero-order valence-corrected chi connectivity index (χ0v) is 16.4. The van der Waals surface area contributed by atoms with Gasteiger partial charge in [0.05, 0.1) is 21.6 Å². The molecule has 130 valence electrons. The van der Waals surface area contributed by atoms with Gasteiger partial charge in [0.25, 0.3) is 5.91 Å². The number of hydrogen-bond acceptors (Lipinski definition) is 5. The van der Waals surface area contributed by atoms with Crippen molar-refractivity contribution in [3.63, 3.8) is 0 Å². The molecule has 0 radical (unpaired) electrons. The number of para-hydroxylation sites is 2. The molecule has 0 atom stereocenters. The smallest absolute Gasteiger partial charge is 0.279 e. The largest absolute Gasteiger partial charge is 0.296 e. The first-order valence-electron chi connectivity index (χ1n) is 7.89. The Labute approximate surface area is 162 Å². The van der Waals surface area contributed by atoms with Gasteiger partial charge in [-0.3, -0.25) is 10.1 Å². The Bertz CT molecular complexity index is 1080. The topological polar surface area (TPSA) is 72.7 Å². The number of carbonyl (C=O) groups excluding carboxylic acids is 1. The maximum absolute atomic E-state index is 12.7. The number of benzene rings is 2. The molecule has 0 aliphatic rings. The Balaban J connectivity index is 1.66. The number of amides is 1. The Morgan fingerprint density at radius 2 is 1.96 bits per heavy atom. The molecule has 0 saturated heterocycles. The highest BCUT2D eigenvalue weighted by molar-refractivity contribution is 9.10. The number of hydrogen-bond donors (Lipinski definition) is 1. The Hall–Kier alpha value is -2.58. The van der Waals surface area contributed by atoms with Crippen molar-refractivity contribution in [1.82, 2.24) is 20.0 Å². The third-order valence-electron chi connectivity index (χ3n) is 4.02. The average Bonchev–Trinajstić information content (AvgIpc) is 3.18. The monoisotopic (exact) mass is 427 g/mol. The van der Waals surface area contributed by atoms with Crippen LogP contribution in [-0.2, 0) is 0 Å². The summed E-state index contributed by atoms with van der Waals surface area (Å²) in [6.45, 7) is 3.81. The molecule has 0 fully saturated rings. The lowest BCUT2D eigenvalue weighted by atomic mass is 10.2. The van der Waals surface area contributed by atoms with Gasteiger partial charge in [-0.2, -0.15) is 0 Å². The van der Waals surface area contributed by atoms with Crippen LogP contribution in [0.3, 0.4) is 0 Å². The van der Waals surface area contributed by atoms with Crippen molar-refractivity contribution in [3.05, 3.63) is 63.9 Å². The highest BCUT2D eigenvalue weighted by Crippen LogP contribution is 2.27. The highest BCUT2D eigenvalue weighted by atomic mass is 79.9. The average molecular weight is 428 g/mol. The molecule has 2 aromatic carbocycles. The number of nitrogens with zero attached hydrogens (tertiary/aromatic N) is 4. The molecular formula is C18H14BrN5OS. The predicted molar refractivity (Wildman–Crippen MR) is 106 cm³/mol. The Morgan fingerprint density at radius 3 is 2.73 bits per heavy atom. The van der Waals surface area contributed by atoms with Crippen molar-refractivity contribution in [2.75, 3.05) is 5.32 Å². The van der Waals surface area contributed by atoms with Gasteiger partial charge in [-0.25, -0.2) is 9.67 Å². The van der Waals surface area contributed by atoms with Crippen molar-refractivity contribution >= 4 is 48.5 Å². The molecule has 1 amide bonds. The summed E-state index contributed by atoms with van der Waals surface area (Å²) in [7, 11) is 0. The number of fused-ring (bicyclic) bond motifs is 1. The molecule has 0 unspecified atom stereocenters. The molecule has 26 heavy (non-hydrogen) atoms. The molecule has 2 heterocycles. The van der Waals surface area contributed by atoms with Crippen LogP contribution in [0.1, 0.15) is 21.7 Å². The van der Waals surface area contributed by atoms with Crippen LogP contribution in [0.2, 0.25) is 0 Å². The maximum Gasteiger partial charge on any atom is 0.279 e. The van der Waals surface area contributed by atoms with Gasteiger partial charge in [0, 0.05) is 4.47 Å². The number of nitrogens with one attached hydrogen (secondary N) is 1. The van der Waals surface area contributed by atoms with E-state index in [1.54, 1.807) is 4.68 Å². The van der Waals surface area contributed by atoms with E-state index in [4.69, 9.17) is 0 Å². The summed E-state index contributed by atoms with van der Waals surface area (Å²) >= 11 is 4.97. The number of thiazole rings is 1. The second kappa shape index (κ2) is 6.62. The van der Waals surface area contributed by atoms with E-state index in [0.717, 1.165) is 25.9 Å². The van der Waals surface area contributed by atoms with E-state index in [2.05, 4.69) is 36.5 Å². The molecule has 4 rings (SSSR count). The van der Waals surface area contributed by atoms with E-state index in [0.29, 0.717) is 10.8 Å². The summed E-state index contributed by atoms with van der Waals surface area (Å²) in [5.74, 6) is -0.322. The number of carbonyl (C=O) groups is 1. The van der Waals surface area contributed by atoms with Crippen LogP contribution in [0.15, 0.2) is 46.9 Å². The van der Waals surface area contributed by atoms with Gasteiger partial charge < -0.3 is 0 Å². The highest BCUT2D eigenvalue weighted by Gasteiger charge is 2.20. The van der Waals surface area contributed by atoms with Crippen molar-refractivity contribution in [3.8, 4) is 5.69 Å². The van der Waals surface area contributed by atoms with Crippen molar-refractivity contribution in [2.45, 2.75) is 13.8 Å². The van der Waals surface area contributed by atoms with E-state index >= 15 is 0 Å². The van der Waals surface area contributed by atoms with Crippen molar-refractivity contribution in [2.24, 2.45) is 0 Å². The van der Waals surface area contributed by atoms with Gasteiger partial charge in [0.2, 0.25) is 0 Å². The maximum atomic E-state index is 12.7. The molecule has 0 bridgehead atoms. The van der Waals surface area contributed by atoms with Crippen LogP contribution in [0.25, 0.3) is 15.9 Å². The standard InChI is InChI=1S/C18H14BrN5OS/c1-10-6-5-7-12(19)16(10)24-11(2)15(22-23-24)17(25)21-18-20-13-8-3-4-9-14(13)26-18/h3-9H,1-2H3,(H,20,21,25). The van der Waals surface area contributed by atoms with Crippen LogP contribution < -0.4 is 5.32 Å². The van der Waals surface area contributed by atoms with E-state index in [1.165, 1.54) is 11.3 Å². The molecule has 0 saturated carbocycles. The van der Waals surface area contributed by atoms with Gasteiger partial charge in [-0.05, 0) is 53.5 Å². The molecule has 4 aromatic rings. The molecule has 2 aromatic heterocycles. The first-order valence-corrected chi connectivity index (χ1v) is 9.50. The van der Waals surface area contributed by atoms with Gasteiger partial charge in [-0.1, -0.05) is 40.8 Å². The summed E-state index contributed by atoms with van der Waals surface area (Å²) < 4.78 is 3.59. The quantitative estimate of drug-likeness (QED) is 0.521. The summed E-state index contributed by atoms with van der Waals surface area (Å²) in [5, 5.41) is 11.6. The summed E-state index contributed by atoms with van der Waals surface area (Å²) in [5.41, 5.74) is 3.71. The van der Waals surface area contributed by atoms with E-state index in [9.17, 15) is 4.79 Å². The lowest BCUT2D eigenvalue weighted by Gasteiger charge is -2.09. The first kappa shape index (κ1) is 16.9. The second-order valence-electron chi connectivity index (χ2n) is 5.78. The minimum atomic E-state index is -0.322. The second-order valence-corrected chi connectivity index (χ2v) is 7.67. The van der Waals surface area contributed by atoms with Crippen LogP contribution in [0.4, 0.5) is 5.13 Å². The molecule has 0 aliphatic carbocycles. The number of aryl methyl sites for hydroxylation is 1. The van der Waals surface area contributed by atoms with E-state index in [1.807, 2.05) is 56.3 Å². The molecule has 0 spiro atoms. The fourth-order valence-corrected chi connectivity index (χ4v) is 4.22. The third kappa shape index (κ3) is 2.91. The molecule has 8 heteroatoms. The molecular weight excluding hydrogens is 414 g/mol. The first-order chi connectivity index (χ1) is 12.5. The number of anilines is 1. The Morgan fingerprint density at radius 1 is 1.15 bits per heavy atom. The van der Waals surface area contributed by atoms with E-state index < -0.39 is 0 Å². The molecule has 6 nitrogen and oxygen atoms in total.